The molecule has 1 unspecified atom stereocenters. The molecule has 0 radical (unpaired) electrons. The fourth-order valence-electron chi connectivity index (χ4n) is 2.68. The highest BCUT2D eigenvalue weighted by molar-refractivity contribution is 5.24. The number of rotatable bonds is 3. The van der Waals surface area contributed by atoms with Gasteiger partial charge in [-0.05, 0) is 30.4 Å². The minimum atomic E-state index is 0.156. The molecule has 0 spiro atoms. The second-order valence-electron chi connectivity index (χ2n) is 5.24. The molecule has 0 amide bonds. The molecule has 0 bridgehead atoms. The average Bonchev–Trinajstić information content (AvgIpc) is 2.31. The monoisotopic (exact) mass is 217 g/mol. The first-order chi connectivity index (χ1) is 7.75. The van der Waals surface area contributed by atoms with Crippen molar-refractivity contribution in [2.75, 3.05) is 0 Å². The van der Waals surface area contributed by atoms with Gasteiger partial charge in [0.05, 0.1) is 0 Å². The van der Waals surface area contributed by atoms with Crippen molar-refractivity contribution in [1.82, 2.24) is 0 Å². The highest BCUT2D eigenvalue weighted by Gasteiger charge is 2.13. The summed E-state index contributed by atoms with van der Waals surface area (Å²) in [6, 6.07) is 9.04. The lowest BCUT2D eigenvalue weighted by molar-refractivity contribution is 0.356. The van der Waals surface area contributed by atoms with E-state index in [9.17, 15) is 0 Å². The minimum Gasteiger partial charge on any atom is -0.324 e. The van der Waals surface area contributed by atoms with E-state index in [-0.39, 0.29) is 6.04 Å². The van der Waals surface area contributed by atoms with Crippen LogP contribution in [0.5, 0.6) is 0 Å². The molecule has 88 valence electrons. The van der Waals surface area contributed by atoms with E-state index in [4.69, 9.17) is 5.73 Å². The number of hydrogen-bond acceptors (Lipinski definition) is 1. The van der Waals surface area contributed by atoms with Crippen LogP contribution in [0, 0.1) is 5.92 Å². The Hall–Kier alpha value is -0.820. The smallest absolute Gasteiger partial charge is 0.0266 e. The summed E-state index contributed by atoms with van der Waals surface area (Å²) in [7, 11) is 0. The lowest BCUT2D eigenvalue weighted by Crippen LogP contribution is -2.09. The molecule has 16 heavy (non-hydrogen) atoms. The van der Waals surface area contributed by atoms with Gasteiger partial charge >= 0.3 is 0 Å². The van der Waals surface area contributed by atoms with Crippen LogP contribution in [-0.4, -0.2) is 0 Å². The third-order valence-corrected chi connectivity index (χ3v) is 3.75. The van der Waals surface area contributed by atoms with E-state index in [1.165, 1.54) is 49.7 Å². The Bertz CT molecular complexity index is 307. The fraction of sp³-hybridized carbons (Fsp3) is 0.600. The number of nitrogens with two attached hydrogens (primary N) is 1. The molecule has 1 aromatic carbocycles. The number of benzene rings is 1. The standard InChI is InChI=1S/C15H23N/c1-12(16)15-9-7-14(8-10-15)11-13-5-3-2-4-6-13/h7-10,12-13H,2-6,11,16H2,1H3. The maximum Gasteiger partial charge on any atom is 0.0266 e. The summed E-state index contributed by atoms with van der Waals surface area (Å²) in [5, 5.41) is 0. The first kappa shape index (κ1) is 11.7. The molecule has 0 aromatic heterocycles. The molecule has 0 aliphatic heterocycles. The molecule has 1 nitrogen and oxygen atoms in total. The lowest BCUT2D eigenvalue weighted by atomic mass is 9.85. The van der Waals surface area contributed by atoms with Crippen LogP contribution in [0.15, 0.2) is 24.3 Å². The number of hydrogen-bond donors (Lipinski definition) is 1. The summed E-state index contributed by atoms with van der Waals surface area (Å²) in [5.41, 5.74) is 8.57. The molecule has 1 aliphatic rings. The molecule has 1 atom stereocenters. The molecular weight excluding hydrogens is 194 g/mol. The van der Waals surface area contributed by atoms with Crippen molar-refractivity contribution in [3.05, 3.63) is 35.4 Å². The van der Waals surface area contributed by atoms with E-state index in [2.05, 4.69) is 24.3 Å². The van der Waals surface area contributed by atoms with Crippen LogP contribution in [0.2, 0.25) is 0 Å². The van der Waals surface area contributed by atoms with Gasteiger partial charge in [0.2, 0.25) is 0 Å². The highest BCUT2D eigenvalue weighted by Crippen LogP contribution is 2.27. The summed E-state index contributed by atoms with van der Waals surface area (Å²) >= 11 is 0. The van der Waals surface area contributed by atoms with E-state index in [1.807, 2.05) is 6.92 Å². The molecule has 1 fully saturated rings. The van der Waals surface area contributed by atoms with Crippen molar-refractivity contribution >= 4 is 0 Å². The Balaban J connectivity index is 1.93. The van der Waals surface area contributed by atoms with Gasteiger partial charge < -0.3 is 5.73 Å². The van der Waals surface area contributed by atoms with Crippen molar-refractivity contribution in [1.29, 1.82) is 0 Å². The summed E-state index contributed by atoms with van der Waals surface area (Å²) in [5.74, 6) is 0.926. The van der Waals surface area contributed by atoms with Gasteiger partial charge in [0, 0.05) is 6.04 Å². The Morgan fingerprint density at radius 2 is 1.75 bits per heavy atom. The maximum atomic E-state index is 5.85. The lowest BCUT2D eigenvalue weighted by Gasteiger charge is -2.21. The van der Waals surface area contributed by atoms with E-state index in [1.54, 1.807) is 0 Å². The topological polar surface area (TPSA) is 26.0 Å². The molecular formula is C15H23N. The van der Waals surface area contributed by atoms with Gasteiger partial charge in [0.25, 0.3) is 0 Å². The molecule has 1 heteroatoms. The van der Waals surface area contributed by atoms with Crippen molar-refractivity contribution in [3.8, 4) is 0 Å². The van der Waals surface area contributed by atoms with Crippen LogP contribution in [0.4, 0.5) is 0 Å². The zero-order valence-electron chi connectivity index (χ0n) is 10.3. The van der Waals surface area contributed by atoms with Gasteiger partial charge in [-0.1, -0.05) is 56.4 Å². The summed E-state index contributed by atoms with van der Waals surface area (Å²) in [4.78, 5) is 0. The molecule has 0 saturated heterocycles. The predicted octanol–water partition coefficient (Wildman–Crippen LogP) is 3.83. The van der Waals surface area contributed by atoms with Crippen molar-refractivity contribution < 1.29 is 0 Å². The first-order valence-corrected chi connectivity index (χ1v) is 6.60. The van der Waals surface area contributed by atoms with Crippen LogP contribution in [0.25, 0.3) is 0 Å². The third kappa shape index (κ3) is 3.08. The van der Waals surface area contributed by atoms with Crippen LogP contribution in [0.1, 0.15) is 56.2 Å². The van der Waals surface area contributed by atoms with Crippen molar-refractivity contribution in [2.24, 2.45) is 11.7 Å². The van der Waals surface area contributed by atoms with Crippen molar-refractivity contribution in [3.63, 3.8) is 0 Å². The Labute approximate surface area is 99.0 Å². The normalized spacial score (nSPS) is 19.6. The summed E-state index contributed by atoms with van der Waals surface area (Å²) in [6.45, 7) is 2.04. The van der Waals surface area contributed by atoms with Crippen LogP contribution in [-0.2, 0) is 6.42 Å². The van der Waals surface area contributed by atoms with Gasteiger partial charge in [-0.15, -0.1) is 0 Å². The second kappa shape index (κ2) is 5.49. The maximum absolute atomic E-state index is 5.85. The fourth-order valence-corrected chi connectivity index (χ4v) is 2.68. The zero-order valence-corrected chi connectivity index (χ0v) is 10.3. The Kier molecular flexibility index (Phi) is 4.00. The molecule has 2 N–H and O–H groups in total. The SMILES string of the molecule is CC(N)c1ccc(CC2CCCCC2)cc1. The van der Waals surface area contributed by atoms with E-state index < -0.39 is 0 Å². The van der Waals surface area contributed by atoms with Gasteiger partial charge in [-0.25, -0.2) is 0 Å². The van der Waals surface area contributed by atoms with Crippen LogP contribution < -0.4 is 5.73 Å². The van der Waals surface area contributed by atoms with Crippen LogP contribution in [0.3, 0.4) is 0 Å². The molecule has 1 aromatic rings. The molecule has 0 heterocycles. The Morgan fingerprint density at radius 1 is 1.12 bits per heavy atom. The molecule has 2 rings (SSSR count). The third-order valence-electron chi connectivity index (χ3n) is 3.75. The Morgan fingerprint density at radius 3 is 2.31 bits per heavy atom. The predicted molar refractivity (Wildman–Crippen MR) is 69.3 cm³/mol. The molecule has 1 saturated carbocycles. The second-order valence-corrected chi connectivity index (χ2v) is 5.24. The van der Waals surface area contributed by atoms with Gasteiger partial charge in [-0.3, -0.25) is 0 Å². The average molecular weight is 217 g/mol. The summed E-state index contributed by atoms with van der Waals surface area (Å²) < 4.78 is 0. The molecule has 1 aliphatic carbocycles. The van der Waals surface area contributed by atoms with Gasteiger partial charge in [0.15, 0.2) is 0 Å². The minimum absolute atomic E-state index is 0.156. The summed E-state index contributed by atoms with van der Waals surface area (Å²) in [6.07, 6.45) is 8.43. The quantitative estimate of drug-likeness (QED) is 0.818. The van der Waals surface area contributed by atoms with E-state index >= 15 is 0 Å². The van der Waals surface area contributed by atoms with Gasteiger partial charge in [0.1, 0.15) is 0 Å². The first-order valence-electron chi connectivity index (χ1n) is 6.60. The van der Waals surface area contributed by atoms with E-state index in [0.29, 0.717) is 0 Å². The van der Waals surface area contributed by atoms with Gasteiger partial charge in [-0.2, -0.15) is 0 Å². The van der Waals surface area contributed by atoms with Crippen molar-refractivity contribution in [2.45, 2.75) is 51.5 Å². The zero-order chi connectivity index (χ0) is 11.4. The highest BCUT2D eigenvalue weighted by atomic mass is 14.6. The largest absolute Gasteiger partial charge is 0.324 e. The van der Waals surface area contributed by atoms with E-state index in [0.717, 1.165) is 5.92 Å². The van der Waals surface area contributed by atoms with Crippen LogP contribution >= 0.6 is 0 Å².